The molecule has 0 bridgehead atoms. The normalized spacial score (nSPS) is 24.3. The monoisotopic (exact) mass is 248 g/mol. The summed E-state index contributed by atoms with van der Waals surface area (Å²) < 4.78 is 5.08. The third-order valence-electron chi connectivity index (χ3n) is 2.60. The first-order valence-electron chi connectivity index (χ1n) is 5.42. The van der Waals surface area contributed by atoms with Crippen molar-refractivity contribution < 1.29 is 9.53 Å². The molecule has 1 amide bonds. The molecule has 0 radical (unpaired) electrons. The van der Waals surface area contributed by atoms with E-state index in [0.717, 1.165) is 19.5 Å². The molecule has 1 heterocycles. The highest BCUT2D eigenvalue weighted by Gasteiger charge is 2.22. The predicted octanol–water partition coefficient (Wildman–Crippen LogP) is 0.725. The molecule has 1 saturated heterocycles. The smallest absolute Gasteiger partial charge is 0.246 e. The van der Waals surface area contributed by atoms with Gasteiger partial charge in [0.1, 0.15) is 6.61 Å². The Morgan fingerprint density at radius 2 is 2.44 bits per heavy atom. The third kappa shape index (κ3) is 5.49. The topological polar surface area (TPSA) is 50.4 Å². The molecular formula is C11H21ClN2O2. The average Bonchev–Trinajstić information content (AvgIpc) is 2.22. The fraction of sp³-hybridized carbons (Fsp3) is 0.727. The summed E-state index contributed by atoms with van der Waals surface area (Å²) in [5, 5.41) is 6.28. The highest BCUT2D eigenvalue weighted by molar-refractivity contribution is 5.85. The molecule has 1 rings (SSSR count). The van der Waals surface area contributed by atoms with Crippen molar-refractivity contribution in [2.24, 2.45) is 5.92 Å². The summed E-state index contributed by atoms with van der Waals surface area (Å²) in [4.78, 5) is 11.4. The molecule has 4 nitrogen and oxygen atoms in total. The highest BCUT2D eigenvalue weighted by atomic mass is 35.5. The van der Waals surface area contributed by atoms with Gasteiger partial charge in [0.25, 0.3) is 0 Å². The van der Waals surface area contributed by atoms with Gasteiger partial charge in [-0.1, -0.05) is 13.0 Å². The number of piperidine rings is 1. The minimum atomic E-state index is -0.0319. The fourth-order valence-electron chi connectivity index (χ4n) is 1.71. The Balaban J connectivity index is 0.00000225. The van der Waals surface area contributed by atoms with Gasteiger partial charge >= 0.3 is 0 Å². The third-order valence-corrected chi connectivity index (χ3v) is 2.60. The number of rotatable bonds is 5. The Bertz CT molecular complexity index is 224. The van der Waals surface area contributed by atoms with Crippen molar-refractivity contribution in [2.45, 2.75) is 19.4 Å². The van der Waals surface area contributed by atoms with Crippen molar-refractivity contribution in [1.82, 2.24) is 10.6 Å². The molecule has 94 valence electrons. The van der Waals surface area contributed by atoms with Crippen LogP contribution in [0.1, 0.15) is 13.3 Å². The minimum Gasteiger partial charge on any atom is -0.368 e. The van der Waals surface area contributed by atoms with Crippen molar-refractivity contribution in [3.8, 4) is 0 Å². The van der Waals surface area contributed by atoms with Crippen LogP contribution in [0, 0.1) is 5.92 Å². The minimum absolute atomic E-state index is 0. The van der Waals surface area contributed by atoms with Gasteiger partial charge in [-0.05, 0) is 25.4 Å². The molecule has 0 aromatic heterocycles. The van der Waals surface area contributed by atoms with Crippen molar-refractivity contribution in [1.29, 1.82) is 0 Å². The second kappa shape index (κ2) is 8.56. The zero-order chi connectivity index (χ0) is 11.1. The maximum Gasteiger partial charge on any atom is 0.246 e. The van der Waals surface area contributed by atoms with Gasteiger partial charge in [0.2, 0.25) is 5.91 Å². The first-order valence-corrected chi connectivity index (χ1v) is 5.42. The van der Waals surface area contributed by atoms with Crippen LogP contribution >= 0.6 is 12.4 Å². The van der Waals surface area contributed by atoms with E-state index in [4.69, 9.17) is 4.74 Å². The number of amides is 1. The summed E-state index contributed by atoms with van der Waals surface area (Å²) in [6, 6.07) is 0.283. The fourth-order valence-corrected chi connectivity index (χ4v) is 1.71. The van der Waals surface area contributed by atoms with Crippen molar-refractivity contribution in [3.63, 3.8) is 0 Å². The number of nitrogens with one attached hydrogen (secondary N) is 2. The van der Waals surface area contributed by atoms with Crippen LogP contribution in [-0.2, 0) is 9.53 Å². The second-order valence-corrected chi connectivity index (χ2v) is 3.95. The summed E-state index contributed by atoms with van der Waals surface area (Å²) in [6.45, 7) is 8.16. The molecule has 16 heavy (non-hydrogen) atoms. The summed E-state index contributed by atoms with van der Waals surface area (Å²) in [5.74, 6) is 0.456. The van der Waals surface area contributed by atoms with E-state index in [9.17, 15) is 4.79 Å². The number of hydrogen-bond donors (Lipinski definition) is 2. The Morgan fingerprint density at radius 1 is 1.69 bits per heavy atom. The SMILES string of the molecule is C=CCOCC(=O)NC1CCNCC1C.Cl. The zero-order valence-electron chi connectivity index (χ0n) is 9.70. The Kier molecular flexibility index (Phi) is 8.25. The Morgan fingerprint density at radius 3 is 3.06 bits per heavy atom. The molecule has 0 aromatic rings. The first-order chi connectivity index (χ1) is 7.24. The van der Waals surface area contributed by atoms with E-state index in [1.807, 2.05) is 0 Å². The summed E-state index contributed by atoms with van der Waals surface area (Å²) >= 11 is 0. The molecule has 5 heteroatoms. The summed E-state index contributed by atoms with van der Waals surface area (Å²) in [6.07, 6.45) is 2.63. The molecule has 1 fully saturated rings. The highest BCUT2D eigenvalue weighted by Crippen LogP contribution is 2.09. The van der Waals surface area contributed by atoms with Crippen LogP contribution < -0.4 is 10.6 Å². The molecule has 1 aliphatic rings. The van der Waals surface area contributed by atoms with Crippen LogP contribution in [0.15, 0.2) is 12.7 Å². The van der Waals surface area contributed by atoms with E-state index in [1.165, 1.54) is 0 Å². The largest absolute Gasteiger partial charge is 0.368 e. The number of halogens is 1. The predicted molar refractivity (Wildman–Crippen MR) is 66.8 cm³/mol. The van der Waals surface area contributed by atoms with Gasteiger partial charge in [0, 0.05) is 6.04 Å². The lowest BCUT2D eigenvalue weighted by molar-refractivity contribution is -0.126. The number of carbonyl (C=O) groups is 1. The molecular weight excluding hydrogens is 228 g/mol. The number of carbonyl (C=O) groups excluding carboxylic acids is 1. The van der Waals surface area contributed by atoms with E-state index in [0.29, 0.717) is 12.5 Å². The standard InChI is InChI=1S/C11H20N2O2.ClH/c1-3-6-15-8-11(14)13-10-4-5-12-7-9(10)2;/h3,9-10,12H,1,4-8H2,2H3,(H,13,14);1H. The van der Waals surface area contributed by atoms with E-state index in [-0.39, 0.29) is 31.0 Å². The van der Waals surface area contributed by atoms with Crippen LogP contribution in [0.4, 0.5) is 0 Å². The lowest BCUT2D eigenvalue weighted by Gasteiger charge is -2.30. The summed E-state index contributed by atoms with van der Waals surface area (Å²) in [7, 11) is 0. The van der Waals surface area contributed by atoms with Gasteiger partial charge in [-0.15, -0.1) is 19.0 Å². The average molecular weight is 249 g/mol. The van der Waals surface area contributed by atoms with Gasteiger partial charge in [-0.2, -0.15) is 0 Å². The van der Waals surface area contributed by atoms with Crippen molar-refractivity contribution in [3.05, 3.63) is 12.7 Å². The number of hydrogen-bond acceptors (Lipinski definition) is 3. The van der Waals surface area contributed by atoms with Crippen molar-refractivity contribution >= 4 is 18.3 Å². The molecule has 0 saturated carbocycles. The zero-order valence-corrected chi connectivity index (χ0v) is 10.5. The molecule has 1 aliphatic heterocycles. The maximum absolute atomic E-state index is 11.4. The summed E-state index contributed by atoms with van der Waals surface area (Å²) in [5.41, 5.74) is 0. The first kappa shape index (κ1) is 15.4. The second-order valence-electron chi connectivity index (χ2n) is 3.95. The van der Waals surface area contributed by atoms with E-state index >= 15 is 0 Å². The van der Waals surface area contributed by atoms with Crippen LogP contribution in [0.25, 0.3) is 0 Å². The quantitative estimate of drug-likeness (QED) is 0.557. The maximum atomic E-state index is 11.4. The van der Waals surface area contributed by atoms with Crippen LogP contribution in [0.3, 0.4) is 0 Å². The van der Waals surface area contributed by atoms with Gasteiger partial charge in [-0.3, -0.25) is 4.79 Å². The molecule has 2 N–H and O–H groups in total. The van der Waals surface area contributed by atoms with Gasteiger partial charge in [-0.25, -0.2) is 0 Å². The molecule has 0 aromatic carbocycles. The Labute approximate surface area is 103 Å². The molecule has 2 atom stereocenters. The van der Waals surface area contributed by atoms with Gasteiger partial charge in [0.15, 0.2) is 0 Å². The van der Waals surface area contributed by atoms with Crippen LogP contribution in [-0.4, -0.2) is 38.3 Å². The molecule has 0 aliphatic carbocycles. The van der Waals surface area contributed by atoms with Crippen LogP contribution in [0.5, 0.6) is 0 Å². The van der Waals surface area contributed by atoms with Gasteiger partial charge in [0.05, 0.1) is 6.61 Å². The lowest BCUT2D eigenvalue weighted by Crippen LogP contribution is -2.49. The number of ether oxygens (including phenoxy) is 1. The van der Waals surface area contributed by atoms with E-state index in [2.05, 4.69) is 24.1 Å². The van der Waals surface area contributed by atoms with E-state index < -0.39 is 0 Å². The Hall–Kier alpha value is -0.580. The lowest BCUT2D eigenvalue weighted by atomic mass is 9.95. The van der Waals surface area contributed by atoms with Crippen LogP contribution in [0.2, 0.25) is 0 Å². The van der Waals surface area contributed by atoms with Crippen molar-refractivity contribution in [2.75, 3.05) is 26.3 Å². The molecule has 2 unspecified atom stereocenters. The van der Waals surface area contributed by atoms with Gasteiger partial charge < -0.3 is 15.4 Å². The molecule has 0 spiro atoms. The van der Waals surface area contributed by atoms with E-state index in [1.54, 1.807) is 6.08 Å².